The summed E-state index contributed by atoms with van der Waals surface area (Å²) in [5, 5.41) is -0.175. The number of nitrogens with two attached hydrogens (primary N) is 1. The van der Waals surface area contributed by atoms with Gasteiger partial charge in [0.05, 0.1) is 5.25 Å². The zero-order valence-electron chi connectivity index (χ0n) is 7.99. The predicted molar refractivity (Wildman–Crippen MR) is 52.8 cm³/mol. The summed E-state index contributed by atoms with van der Waals surface area (Å²) in [6.45, 7) is 2.13. The van der Waals surface area contributed by atoms with Gasteiger partial charge in [-0.1, -0.05) is 12.8 Å². The molecule has 1 aliphatic carbocycles. The van der Waals surface area contributed by atoms with Crippen LogP contribution in [0.3, 0.4) is 0 Å². The van der Waals surface area contributed by atoms with Gasteiger partial charge in [0.25, 0.3) is 0 Å². The predicted octanol–water partition coefficient (Wildman–Crippen LogP) is 0.196. The molecule has 0 radical (unpaired) electrons. The van der Waals surface area contributed by atoms with Crippen LogP contribution in [0.5, 0.6) is 0 Å². The van der Waals surface area contributed by atoms with E-state index in [1.165, 1.54) is 0 Å². The SMILES string of the molecule is CC(N)CNS(=O)(=O)C1CCCC1. The lowest BCUT2D eigenvalue weighted by Crippen LogP contribution is -2.39. The molecule has 0 aliphatic heterocycles. The smallest absolute Gasteiger partial charge is 0.214 e. The first-order valence-electron chi connectivity index (χ1n) is 4.76. The lowest BCUT2D eigenvalue weighted by Gasteiger charge is -2.13. The third-order valence-corrected chi connectivity index (χ3v) is 4.27. The first-order chi connectivity index (χ1) is 6.02. The van der Waals surface area contributed by atoms with E-state index >= 15 is 0 Å². The largest absolute Gasteiger partial charge is 0.327 e. The Balaban J connectivity index is 2.45. The minimum absolute atomic E-state index is 0.115. The summed E-state index contributed by atoms with van der Waals surface area (Å²) in [7, 11) is -3.09. The van der Waals surface area contributed by atoms with Crippen LogP contribution < -0.4 is 10.5 Å². The highest BCUT2D eigenvalue weighted by Crippen LogP contribution is 2.23. The molecule has 1 rings (SSSR count). The van der Waals surface area contributed by atoms with Crippen LogP contribution in [0.1, 0.15) is 32.6 Å². The van der Waals surface area contributed by atoms with E-state index in [1.807, 2.05) is 0 Å². The summed E-state index contributed by atoms with van der Waals surface area (Å²) < 4.78 is 25.7. The van der Waals surface area contributed by atoms with Crippen molar-refractivity contribution in [3.05, 3.63) is 0 Å². The molecule has 5 heteroatoms. The zero-order chi connectivity index (χ0) is 9.90. The van der Waals surface area contributed by atoms with Crippen molar-refractivity contribution in [1.29, 1.82) is 0 Å². The molecule has 3 N–H and O–H groups in total. The molecule has 78 valence electrons. The van der Waals surface area contributed by atoms with Crippen LogP contribution >= 0.6 is 0 Å². The maximum Gasteiger partial charge on any atom is 0.214 e. The third-order valence-electron chi connectivity index (χ3n) is 2.35. The zero-order valence-corrected chi connectivity index (χ0v) is 8.81. The maximum atomic E-state index is 11.6. The van der Waals surface area contributed by atoms with Gasteiger partial charge >= 0.3 is 0 Å². The molecule has 0 bridgehead atoms. The molecule has 0 amide bonds. The topological polar surface area (TPSA) is 72.2 Å². The van der Waals surface area contributed by atoms with Crippen molar-refractivity contribution >= 4 is 10.0 Å². The summed E-state index contributed by atoms with van der Waals surface area (Å²) in [5.41, 5.74) is 5.47. The Bertz CT molecular complexity index is 243. The second-order valence-corrected chi connectivity index (χ2v) is 5.82. The molecule has 1 fully saturated rings. The number of hydrogen-bond donors (Lipinski definition) is 2. The molecule has 0 spiro atoms. The normalized spacial score (nSPS) is 22.0. The lowest BCUT2D eigenvalue weighted by molar-refractivity contribution is 0.558. The highest BCUT2D eigenvalue weighted by molar-refractivity contribution is 7.90. The maximum absolute atomic E-state index is 11.6. The van der Waals surface area contributed by atoms with E-state index in [4.69, 9.17) is 5.73 Å². The summed E-state index contributed by atoms with van der Waals surface area (Å²) in [5.74, 6) is 0. The Morgan fingerprint density at radius 1 is 1.46 bits per heavy atom. The van der Waals surface area contributed by atoms with E-state index in [9.17, 15) is 8.42 Å². The molecule has 1 aliphatic rings. The van der Waals surface area contributed by atoms with E-state index in [0.717, 1.165) is 25.7 Å². The van der Waals surface area contributed by atoms with Crippen LogP contribution in [0.2, 0.25) is 0 Å². The third kappa shape index (κ3) is 3.25. The molecule has 13 heavy (non-hydrogen) atoms. The second kappa shape index (κ2) is 4.39. The van der Waals surface area contributed by atoms with Gasteiger partial charge in [0.2, 0.25) is 10.0 Å². The second-order valence-electron chi connectivity index (χ2n) is 3.78. The standard InChI is InChI=1S/C8H18N2O2S/c1-7(9)6-10-13(11,12)8-4-2-3-5-8/h7-8,10H,2-6,9H2,1H3. The molecule has 4 nitrogen and oxygen atoms in total. The van der Waals surface area contributed by atoms with Crippen molar-refractivity contribution in [3.63, 3.8) is 0 Å². The fourth-order valence-corrected chi connectivity index (χ4v) is 3.25. The van der Waals surface area contributed by atoms with Gasteiger partial charge in [-0.05, 0) is 19.8 Å². The van der Waals surface area contributed by atoms with E-state index in [-0.39, 0.29) is 11.3 Å². The van der Waals surface area contributed by atoms with Crippen LogP contribution in [0, 0.1) is 0 Å². The fourth-order valence-electron chi connectivity index (χ4n) is 1.56. The quantitative estimate of drug-likeness (QED) is 0.690. The van der Waals surface area contributed by atoms with Crippen molar-refractivity contribution in [2.45, 2.75) is 43.9 Å². The van der Waals surface area contributed by atoms with E-state index in [1.54, 1.807) is 6.92 Å². The minimum atomic E-state index is -3.09. The average Bonchev–Trinajstić information content (AvgIpc) is 2.53. The fraction of sp³-hybridized carbons (Fsp3) is 1.00. The molecule has 1 unspecified atom stereocenters. The van der Waals surface area contributed by atoms with Crippen molar-refractivity contribution in [2.75, 3.05) is 6.54 Å². The minimum Gasteiger partial charge on any atom is -0.327 e. The Morgan fingerprint density at radius 3 is 2.46 bits per heavy atom. The molecular weight excluding hydrogens is 188 g/mol. The molecule has 0 aromatic heterocycles. The Labute approximate surface area is 79.9 Å². The molecule has 0 heterocycles. The van der Waals surface area contributed by atoms with Crippen molar-refractivity contribution in [1.82, 2.24) is 4.72 Å². The molecule has 0 aromatic carbocycles. The first kappa shape index (κ1) is 10.9. The summed E-state index contributed by atoms with van der Waals surface area (Å²) in [6, 6.07) is -0.115. The van der Waals surface area contributed by atoms with Gasteiger partial charge in [0.15, 0.2) is 0 Å². The molecule has 0 aromatic rings. The van der Waals surface area contributed by atoms with Crippen LogP contribution in [-0.4, -0.2) is 26.3 Å². The lowest BCUT2D eigenvalue weighted by atomic mass is 10.4. The van der Waals surface area contributed by atoms with Gasteiger partial charge < -0.3 is 5.73 Å². The van der Waals surface area contributed by atoms with Gasteiger partial charge in [-0.25, -0.2) is 13.1 Å². The molecule has 1 saturated carbocycles. The van der Waals surface area contributed by atoms with Crippen LogP contribution in [0.25, 0.3) is 0 Å². The van der Waals surface area contributed by atoms with Gasteiger partial charge in [0.1, 0.15) is 0 Å². The Hall–Kier alpha value is -0.130. The number of sulfonamides is 1. The van der Waals surface area contributed by atoms with Gasteiger partial charge in [-0.3, -0.25) is 0 Å². The Kier molecular flexibility index (Phi) is 3.70. The van der Waals surface area contributed by atoms with Crippen molar-refractivity contribution < 1.29 is 8.42 Å². The van der Waals surface area contributed by atoms with Gasteiger partial charge in [0, 0.05) is 12.6 Å². The highest BCUT2D eigenvalue weighted by Gasteiger charge is 2.28. The van der Waals surface area contributed by atoms with Gasteiger partial charge in [-0.15, -0.1) is 0 Å². The summed E-state index contributed by atoms with van der Waals surface area (Å²) in [4.78, 5) is 0. The van der Waals surface area contributed by atoms with Crippen LogP contribution in [0.15, 0.2) is 0 Å². The summed E-state index contributed by atoms with van der Waals surface area (Å²) >= 11 is 0. The number of hydrogen-bond acceptors (Lipinski definition) is 3. The van der Waals surface area contributed by atoms with E-state index in [2.05, 4.69) is 4.72 Å². The Morgan fingerprint density at radius 2 is 2.00 bits per heavy atom. The molecule has 0 saturated heterocycles. The number of rotatable bonds is 4. The van der Waals surface area contributed by atoms with E-state index in [0.29, 0.717) is 6.54 Å². The summed E-state index contributed by atoms with van der Waals surface area (Å²) in [6.07, 6.45) is 3.66. The van der Waals surface area contributed by atoms with Crippen LogP contribution in [-0.2, 0) is 10.0 Å². The van der Waals surface area contributed by atoms with Gasteiger partial charge in [-0.2, -0.15) is 0 Å². The van der Waals surface area contributed by atoms with E-state index < -0.39 is 10.0 Å². The first-order valence-corrected chi connectivity index (χ1v) is 6.31. The highest BCUT2D eigenvalue weighted by atomic mass is 32.2. The van der Waals surface area contributed by atoms with Crippen molar-refractivity contribution in [3.8, 4) is 0 Å². The monoisotopic (exact) mass is 206 g/mol. The molecule has 1 atom stereocenters. The average molecular weight is 206 g/mol. The van der Waals surface area contributed by atoms with Crippen LogP contribution in [0.4, 0.5) is 0 Å². The number of nitrogens with one attached hydrogen (secondary N) is 1. The van der Waals surface area contributed by atoms with Crippen molar-refractivity contribution in [2.24, 2.45) is 5.73 Å². The molecular formula is C8H18N2O2S.